The molecule has 0 heterocycles. The van der Waals surface area contributed by atoms with Crippen LogP contribution >= 0.6 is 63.7 Å². The summed E-state index contributed by atoms with van der Waals surface area (Å²) in [5.41, 5.74) is 0.0105. The largest absolute Gasteiger partial charge is 0.289 e. The summed E-state index contributed by atoms with van der Waals surface area (Å²) < 4.78 is 3.33. The fraction of sp³-hybridized carbons (Fsp3) is 0. The van der Waals surface area contributed by atoms with Crippen LogP contribution < -0.4 is 10.9 Å². The minimum atomic E-state index is -0.0191. The smallest absolute Gasteiger partial charge is 0.195 e. The molecule has 0 saturated heterocycles. The number of fused-ring (bicyclic) bond motifs is 4. The first-order valence-corrected chi connectivity index (χ1v) is 14.4. The normalized spacial score (nSPS) is 12.7. The molecule has 0 bridgehead atoms. The van der Waals surface area contributed by atoms with Crippen LogP contribution in [0.1, 0.15) is 0 Å². The van der Waals surface area contributed by atoms with Gasteiger partial charge < -0.3 is 0 Å². The number of hydrogen-bond acceptors (Lipinski definition) is 2. The van der Waals surface area contributed by atoms with Crippen LogP contribution in [0.4, 0.5) is 0 Å². The monoisotopic (exact) mass is 718 g/mol. The van der Waals surface area contributed by atoms with Gasteiger partial charge in [0.1, 0.15) is 0 Å². The summed E-state index contributed by atoms with van der Waals surface area (Å²) in [5.74, 6) is 0. The molecule has 0 amide bonds. The molecule has 0 aromatic heterocycles. The molecule has 0 saturated carbocycles. The molecule has 0 N–H and O–H groups in total. The first-order chi connectivity index (χ1) is 17.4. The van der Waals surface area contributed by atoms with E-state index in [9.17, 15) is 9.59 Å². The van der Waals surface area contributed by atoms with Gasteiger partial charge in [0.2, 0.25) is 0 Å². The van der Waals surface area contributed by atoms with Gasteiger partial charge in [-0.25, -0.2) is 0 Å². The van der Waals surface area contributed by atoms with Crippen molar-refractivity contribution in [1.82, 2.24) is 0 Å². The molecule has 0 aliphatic rings. The Morgan fingerprint density at radius 2 is 1.11 bits per heavy atom. The van der Waals surface area contributed by atoms with Crippen LogP contribution in [0.2, 0.25) is 0 Å². The van der Waals surface area contributed by atoms with Crippen LogP contribution in [0.3, 0.4) is 0 Å². The van der Waals surface area contributed by atoms with Crippen LogP contribution in [0.25, 0.3) is 75.4 Å². The minimum absolute atomic E-state index is 0.0191. The maximum Gasteiger partial charge on any atom is 0.195 e. The quantitative estimate of drug-likeness (QED) is 0.115. The van der Waals surface area contributed by atoms with Crippen molar-refractivity contribution in [1.29, 1.82) is 0 Å². The minimum Gasteiger partial charge on any atom is -0.289 e. The molecule has 8 aromatic rings. The number of hydrogen-bond donors (Lipinski definition) is 0. The Morgan fingerprint density at radius 3 is 1.92 bits per heavy atom. The SMILES string of the molecule is O=c1c2ccccc2c2c(Br)c3c(Br)c(Br)c4c(=O)c5cc(Br)ccc5c5cc6ccc1c2c6c3c45. The third-order valence-corrected chi connectivity index (χ3v) is 11.0. The van der Waals surface area contributed by atoms with Crippen molar-refractivity contribution in [3.05, 3.63) is 99.0 Å². The first kappa shape index (κ1) is 21.7. The van der Waals surface area contributed by atoms with E-state index in [4.69, 9.17) is 0 Å². The van der Waals surface area contributed by atoms with E-state index in [1.54, 1.807) is 0 Å². The lowest BCUT2D eigenvalue weighted by atomic mass is 9.84. The molecular formula is C30H10Br4O2. The van der Waals surface area contributed by atoms with Crippen LogP contribution in [0.15, 0.2) is 88.1 Å². The predicted octanol–water partition coefficient (Wildman–Crippen LogP) is 9.84. The molecule has 170 valence electrons. The fourth-order valence-electron chi connectivity index (χ4n) is 6.13. The molecule has 0 fully saturated rings. The van der Waals surface area contributed by atoms with Crippen molar-refractivity contribution >= 4 is 139 Å². The maximum absolute atomic E-state index is 13.9. The molecule has 2 nitrogen and oxygen atoms in total. The van der Waals surface area contributed by atoms with Crippen molar-refractivity contribution < 1.29 is 0 Å². The Labute approximate surface area is 236 Å². The third-order valence-electron chi connectivity index (χ3n) is 7.56. The van der Waals surface area contributed by atoms with E-state index in [1.807, 2.05) is 54.6 Å². The Morgan fingerprint density at radius 1 is 0.417 bits per heavy atom. The van der Waals surface area contributed by atoms with Gasteiger partial charge in [0.05, 0.1) is 0 Å². The third kappa shape index (κ3) is 2.42. The van der Waals surface area contributed by atoms with Crippen LogP contribution in [-0.2, 0) is 0 Å². The lowest BCUT2D eigenvalue weighted by Gasteiger charge is -2.22. The second-order valence-corrected chi connectivity index (χ2v) is 12.5. The highest BCUT2D eigenvalue weighted by Gasteiger charge is 2.27. The second-order valence-electron chi connectivity index (χ2n) is 9.22. The highest BCUT2D eigenvalue weighted by atomic mass is 79.9. The van der Waals surface area contributed by atoms with Gasteiger partial charge in [-0.3, -0.25) is 9.59 Å². The van der Waals surface area contributed by atoms with Gasteiger partial charge in [-0.2, -0.15) is 0 Å². The topological polar surface area (TPSA) is 34.1 Å². The van der Waals surface area contributed by atoms with Gasteiger partial charge >= 0.3 is 0 Å². The molecule has 0 unspecified atom stereocenters. The lowest BCUT2D eigenvalue weighted by Crippen LogP contribution is -2.07. The molecule has 0 aliphatic carbocycles. The van der Waals surface area contributed by atoms with Gasteiger partial charge in [-0.15, -0.1) is 0 Å². The Bertz CT molecular complexity index is 2400. The predicted molar refractivity (Wildman–Crippen MR) is 166 cm³/mol. The average Bonchev–Trinajstić information content (AvgIpc) is 2.88. The summed E-state index contributed by atoms with van der Waals surface area (Å²) >= 11 is 15.1. The van der Waals surface area contributed by atoms with Gasteiger partial charge in [-0.05, 0) is 99.0 Å². The van der Waals surface area contributed by atoms with E-state index in [0.717, 1.165) is 71.8 Å². The summed E-state index contributed by atoms with van der Waals surface area (Å²) in [7, 11) is 0. The molecule has 8 aromatic carbocycles. The van der Waals surface area contributed by atoms with Crippen molar-refractivity contribution in [2.24, 2.45) is 0 Å². The maximum atomic E-state index is 13.9. The summed E-state index contributed by atoms with van der Waals surface area (Å²) in [6.45, 7) is 0. The van der Waals surface area contributed by atoms with E-state index in [0.29, 0.717) is 21.5 Å². The Balaban J connectivity index is 1.86. The van der Waals surface area contributed by atoms with Crippen LogP contribution in [0, 0.1) is 0 Å². The number of rotatable bonds is 0. The van der Waals surface area contributed by atoms with Crippen molar-refractivity contribution in [2.45, 2.75) is 0 Å². The van der Waals surface area contributed by atoms with Crippen molar-refractivity contribution in [3.8, 4) is 0 Å². The molecule has 36 heavy (non-hydrogen) atoms. The van der Waals surface area contributed by atoms with Gasteiger partial charge in [-0.1, -0.05) is 52.3 Å². The van der Waals surface area contributed by atoms with E-state index >= 15 is 0 Å². The van der Waals surface area contributed by atoms with Crippen LogP contribution in [0.5, 0.6) is 0 Å². The lowest BCUT2D eigenvalue weighted by molar-refractivity contribution is 1.66. The number of halogens is 4. The summed E-state index contributed by atoms with van der Waals surface area (Å²) in [5, 5.41) is 12.5. The molecule has 0 atom stereocenters. The standard InChI is InChI=1S/C30H10Br4O2/c31-12-6-8-13-17-9-11-5-7-16-20-19(11)23-21(17)25(30(36)18(13)10-12)28(34)27(33)24(23)26(32)22(20)14-3-1-2-4-15(14)29(16)35/h1-10H. The zero-order valence-corrected chi connectivity index (χ0v) is 24.4. The molecule has 8 rings (SSSR count). The molecular weight excluding hydrogens is 712 g/mol. The first-order valence-electron chi connectivity index (χ1n) is 11.2. The highest BCUT2D eigenvalue weighted by molar-refractivity contribution is 9.13. The molecule has 0 aliphatic heterocycles. The molecule has 6 heteroatoms. The molecule has 0 spiro atoms. The number of benzene rings is 8. The van der Waals surface area contributed by atoms with Crippen molar-refractivity contribution in [2.75, 3.05) is 0 Å². The molecule has 0 radical (unpaired) electrons. The zero-order valence-electron chi connectivity index (χ0n) is 18.1. The summed E-state index contributed by atoms with van der Waals surface area (Å²) in [6, 6.07) is 19.8. The van der Waals surface area contributed by atoms with Crippen molar-refractivity contribution in [3.63, 3.8) is 0 Å². The second kappa shape index (κ2) is 7.13. The van der Waals surface area contributed by atoms with Crippen LogP contribution in [-0.4, -0.2) is 0 Å². The zero-order chi connectivity index (χ0) is 24.6. The van der Waals surface area contributed by atoms with Gasteiger partial charge in [0.25, 0.3) is 0 Å². The Kier molecular flexibility index (Phi) is 4.30. The van der Waals surface area contributed by atoms with E-state index < -0.39 is 0 Å². The van der Waals surface area contributed by atoms with E-state index in [1.165, 1.54) is 0 Å². The fourth-order valence-corrected chi connectivity index (χ4v) is 8.74. The summed E-state index contributed by atoms with van der Waals surface area (Å²) in [6.07, 6.45) is 0. The van der Waals surface area contributed by atoms with E-state index in [-0.39, 0.29) is 10.9 Å². The average molecular weight is 722 g/mol. The summed E-state index contributed by atoms with van der Waals surface area (Å²) in [4.78, 5) is 27.5. The van der Waals surface area contributed by atoms with E-state index in [2.05, 4.69) is 69.8 Å². The van der Waals surface area contributed by atoms with Gasteiger partial charge in [0, 0.05) is 66.4 Å². The Hall–Kier alpha value is -2.38. The van der Waals surface area contributed by atoms with Gasteiger partial charge in [0.15, 0.2) is 10.9 Å². The highest BCUT2D eigenvalue weighted by Crippen LogP contribution is 2.52.